The van der Waals surface area contributed by atoms with E-state index in [1.807, 2.05) is 0 Å². The first-order valence-electron chi connectivity index (χ1n) is 9.49. The molecule has 0 unspecified atom stereocenters. The third-order valence-corrected chi connectivity index (χ3v) is 4.30. The minimum absolute atomic E-state index is 0.371. The van der Waals surface area contributed by atoms with Gasteiger partial charge in [0.05, 0.1) is 12.7 Å². The van der Waals surface area contributed by atoms with Crippen molar-refractivity contribution in [1.82, 2.24) is 5.32 Å². The summed E-state index contributed by atoms with van der Waals surface area (Å²) in [5, 5.41) is 40.3. The van der Waals surface area contributed by atoms with Gasteiger partial charge >= 0.3 is 0 Å². The van der Waals surface area contributed by atoms with Crippen LogP contribution in [0.2, 0.25) is 0 Å². The molecule has 0 aliphatic carbocycles. The normalized spacial score (nSPS) is 15.5. The van der Waals surface area contributed by atoms with Gasteiger partial charge in [0.15, 0.2) is 0 Å². The van der Waals surface area contributed by atoms with Gasteiger partial charge in [0.2, 0.25) is 0 Å². The summed E-state index contributed by atoms with van der Waals surface area (Å²) >= 11 is 0. The summed E-state index contributed by atoms with van der Waals surface area (Å²) in [6.45, 7) is 3.23. The third-order valence-electron chi connectivity index (χ3n) is 4.30. The molecule has 0 aromatic carbocycles. The van der Waals surface area contributed by atoms with Gasteiger partial charge in [-0.1, -0.05) is 64.7 Å². The Kier molecular flexibility index (Phi) is 16.5. The average Bonchev–Trinajstić information content (AvgIpc) is 2.57. The molecule has 3 atom stereocenters. The van der Waals surface area contributed by atoms with Crippen LogP contribution in [0.15, 0.2) is 0 Å². The Morgan fingerprint density at radius 1 is 0.696 bits per heavy atom. The molecular formula is C18H39NO4. The lowest BCUT2D eigenvalue weighted by Crippen LogP contribution is -2.40. The second-order valence-electron chi connectivity index (χ2n) is 6.53. The maximum Gasteiger partial charge on any atom is 0.108 e. The minimum atomic E-state index is -1.28. The van der Waals surface area contributed by atoms with Crippen LogP contribution in [-0.4, -0.2) is 58.4 Å². The van der Waals surface area contributed by atoms with Crippen LogP contribution in [0.3, 0.4) is 0 Å². The Morgan fingerprint density at radius 2 is 1.22 bits per heavy atom. The molecule has 0 saturated heterocycles. The maximum atomic E-state index is 9.64. The zero-order valence-electron chi connectivity index (χ0n) is 14.9. The van der Waals surface area contributed by atoms with Gasteiger partial charge in [0, 0.05) is 0 Å². The zero-order chi connectivity index (χ0) is 17.3. The highest BCUT2D eigenvalue weighted by Crippen LogP contribution is 2.10. The van der Waals surface area contributed by atoms with Gasteiger partial charge in [0.1, 0.15) is 12.2 Å². The molecule has 140 valence electrons. The summed E-state index contributed by atoms with van der Waals surface area (Å²) in [7, 11) is 0. The smallest absolute Gasteiger partial charge is 0.108 e. The summed E-state index contributed by atoms with van der Waals surface area (Å²) in [5.74, 6) is 0. The van der Waals surface area contributed by atoms with Crippen molar-refractivity contribution < 1.29 is 20.4 Å². The van der Waals surface area contributed by atoms with Crippen LogP contribution in [0.25, 0.3) is 0 Å². The molecular weight excluding hydrogens is 294 g/mol. The molecule has 0 amide bonds. The largest absolute Gasteiger partial charge is 0.394 e. The summed E-state index contributed by atoms with van der Waals surface area (Å²) in [5.41, 5.74) is 0. The summed E-state index contributed by atoms with van der Waals surface area (Å²) in [4.78, 5) is 0. The molecule has 5 N–H and O–H groups in total. The Morgan fingerprint density at radius 3 is 1.74 bits per heavy atom. The first-order chi connectivity index (χ1) is 11.1. The second kappa shape index (κ2) is 16.7. The van der Waals surface area contributed by atoms with E-state index in [1.165, 1.54) is 57.8 Å². The Labute approximate surface area is 142 Å². The Balaban J connectivity index is 3.24. The van der Waals surface area contributed by atoms with Crippen LogP contribution in [-0.2, 0) is 0 Å². The number of nitrogens with one attached hydrogen (secondary N) is 1. The first-order valence-corrected chi connectivity index (χ1v) is 9.49. The Hall–Kier alpha value is -0.200. The van der Waals surface area contributed by atoms with Crippen molar-refractivity contribution in [1.29, 1.82) is 0 Å². The van der Waals surface area contributed by atoms with E-state index in [0.29, 0.717) is 13.0 Å². The molecule has 0 radical (unpaired) electrons. The molecule has 0 aromatic heterocycles. The summed E-state index contributed by atoms with van der Waals surface area (Å²) in [6, 6.07) is 0. The monoisotopic (exact) mass is 333 g/mol. The van der Waals surface area contributed by atoms with Crippen molar-refractivity contribution >= 4 is 0 Å². The number of aliphatic hydroxyl groups is 4. The molecule has 23 heavy (non-hydrogen) atoms. The second-order valence-corrected chi connectivity index (χ2v) is 6.53. The molecule has 0 heterocycles. The molecule has 0 aromatic rings. The predicted octanol–water partition coefficient (Wildman–Crippen LogP) is 1.96. The molecule has 0 saturated carbocycles. The van der Waals surface area contributed by atoms with Crippen molar-refractivity contribution in [2.45, 2.75) is 95.9 Å². The molecule has 0 bridgehead atoms. The van der Waals surface area contributed by atoms with Crippen molar-refractivity contribution in [2.75, 3.05) is 19.7 Å². The number of rotatable bonds is 17. The maximum absolute atomic E-state index is 9.64. The van der Waals surface area contributed by atoms with Crippen LogP contribution in [0.5, 0.6) is 0 Å². The van der Waals surface area contributed by atoms with Crippen molar-refractivity contribution in [3.63, 3.8) is 0 Å². The number of aliphatic hydroxyl groups excluding tert-OH is 4. The number of hydrogen-bond acceptors (Lipinski definition) is 5. The van der Waals surface area contributed by atoms with Crippen LogP contribution in [0.1, 0.15) is 77.6 Å². The summed E-state index contributed by atoms with van der Waals surface area (Å²) < 4.78 is 0. The lowest BCUT2D eigenvalue weighted by Gasteiger charge is -2.21. The Bertz CT molecular complexity index is 241. The van der Waals surface area contributed by atoms with Gasteiger partial charge in [0.25, 0.3) is 0 Å². The van der Waals surface area contributed by atoms with Gasteiger partial charge in [-0.25, -0.2) is 0 Å². The van der Waals surface area contributed by atoms with Gasteiger partial charge in [-0.3, -0.25) is 0 Å². The molecule has 0 rings (SSSR count). The van der Waals surface area contributed by atoms with E-state index < -0.39 is 24.9 Å². The third kappa shape index (κ3) is 13.9. The van der Waals surface area contributed by atoms with E-state index in [4.69, 9.17) is 5.11 Å². The van der Waals surface area contributed by atoms with E-state index in [-0.39, 0.29) is 0 Å². The van der Waals surface area contributed by atoms with Crippen LogP contribution in [0, 0.1) is 0 Å². The molecule has 0 aliphatic heterocycles. The highest BCUT2D eigenvalue weighted by atomic mass is 16.4. The SMILES string of the molecule is CCCCCCCCCCCCNCC[C@@H](O)[C@H](O)[C@H](O)CO. The van der Waals surface area contributed by atoms with E-state index in [1.54, 1.807) is 0 Å². The van der Waals surface area contributed by atoms with Crippen molar-refractivity contribution in [3.05, 3.63) is 0 Å². The van der Waals surface area contributed by atoms with Gasteiger partial charge in [-0.05, 0) is 25.9 Å². The predicted molar refractivity (Wildman–Crippen MR) is 94.4 cm³/mol. The molecule has 5 heteroatoms. The van der Waals surface area contributed by atoms with Crippen LogP contribution >= 0.6 is 0 Å². The molecule has 0 spiro atoms. The van der Waals surface area contributed by atoms with Gasteiger partial charge in [-0.15, -0.1) is 0 Å². The zero-order valence-corrected chi connectivity index (χ0v) is 14.9. The summed E-state index contributed by atoms with van der Waals surface area (Å²) in [6.07, 6.45) is 9.98. The highest BCUT2D eigenvalue weighted by Gasteiger charge is 2.23. The van der Waals surface area contributed by atoms with E-state index in [0.717, 1.165) is 13.0 Å². The fraction of sp³-hybridized carbons (Fsp3) is 1.00. The number of hydrogen-bond donors (Lipinski definition) is 5. The van der Waals surface area contributed by atoms with E-state index in [2.05, 4.69) is 12.2 Å². The van der Waals surface area contributed by atoms with E-state index >= 15 is 0 Å². The topological polar surface area (TPSA) is 93.0 Å². The lowest BCUT2D eigenvalue weighted by atomic mass is 10.1. The minimum Gasteiger partial charge on any atom is -0.394 e. The van der Waals surface area contributed by atoms with Gasteiger partial charge in [-0.2, -0.15) is 0 Å². The van der Waals surface area contributed by atoms with Crippen LogP contribution in [0.4, 0.5) is 0 Å². The molecule has 0 fully saturated rings. The number of unbranched alkanes of at least 4 members (excludes halogenated alkanes) is 9. The fourth-order valence-electron chi connectivity index (χ4n) is 2.65. The van der Waals surface area contributed by atoms with Gasteiger partial charge < -0.3 is 25.7 Å². The quantitative estimate of drug-likeness (QED) is 0.262. The lowest BCUT2D eigenvalue weighted by molar-refractivity contribution is -0.0778. The standard InChI is InChI=1S/C18H39NO4/c1-2-3-4-5-6-7-8-9-10-11-13-19-14-12-16(21)18(23)17(22)15-20/h16-23H,2-15H2,1H3/t16-,17-,18+/m1/s1. The highest BCUT2D eigenvalue weighted by molar-refractivity contribution is 4.75. The first kappa shape index (κ1) is 22.8. The van der Waals surface area contributed by atoms with Crippen molar-refractivity contribution in [3.8, 4) is 0 Å². The molecule has 0 aliphatic rings. The van der Waals surface area contributed by atoms with Crippen LogP contribution < -0.4 is 5.32 Å². The average molecular weight is 334 g/mol. The molecule has 5 nitrogen and oxygen atoms in total. The van der Waals surface area contributed by atoms with Crippen molar-refractivity contribution in [2.24, 2.45) is 0 Å². The fourth-order valence-corrected chi connectivity index (χ4v) is 2.65. The van der Waals surface area contributed by atoms with E-state index in [9.17, 15) is 15.3 Å².